The minimum atomic E-state index is -0.311. The number of imidazole rings is 1. The van der Waals surface area contributed by atoms with Crippen molar-refractivity contribution in [1.29, 1.82) is 0 Å². The zero-order chi connectivity index (χ0) is 20.4. The third-order valence-corrected chi connectivity index (χ3v) is 5.66. The van der Waals surface area contributed by atoms with E-state index in [0.29, 0.717) is 19.6 Å². The summed E-state index contributed by atoms with van der Waals surface area (Å²) in [6.45, 7) is 8.19. The number of fused-ring (bicyclic) bond motifs is 1. The zero-order valence-electron chi connectivity index (χ0n) is 17.2. The van der Waals surface area contributed by atoms with Crippen LogP contribution in [0.2, 0.25) is 0 Å². The molecule has 8 nitrogen and oxygen atoms in total. The Hall–Kier alpha value is -2.58. The average Bonchev–Trinajstić information content (AvgIpc) is 2.97. The molecule has 0 radical (unpaired) electrons. The standard InChI is InChI=1S/C21H29N5O3/c1-16-4-5-19-17(14-16)18(6-13-29-19)22-26-15-20(27)25(21(26)28)8-3-7-24-11-9-23(2)10-12-24/h4-5,14-15,27H,3,6-13H2,1-2H3/b22-18+. The maximum Gasteiger partial charge on any atom is 0.351 e. The van der Waals surface area contributed by atoms with E-state index < -0.39 is 0 Å². The van der Waals surface area contributed by atoms with E-state index in [1.807, 2.05) is 25.1 Å². The van der Waals surface area contributed by atoms with Gasteiger partial charge in [-0.3, -0.25) is 4.57 Å². The number of hydrogen-bond acceptors (Lipinski definition) is 6. The van der Waals surface area contributed by atoms with Crippen molar-refractivity contribution in [2.75, 3.05) is 46.4 Å². The quantitative estimate of drug-likeness (QED) is 0.821. The summed E-state index contributed by atoms with van der Waals surface area (Å²) in [4.78, 5) is 17.5. The first-order valence-electron chi connectivity index (χ1n) is 10.2. The van der Waals surface area contributed by atoms with Crippen molar-refractivity contribution in [2.45, 2.75) is 26.3 Å². The molecule has 1 aromatic heterocycles. The number of hydrogen-bond donors (Lipinski definition) is 1. The minimum Gasteiger partial charge on any atom is -0.493 e. The lowest BCUT2D eigenvalue weighted by atomic mass is 10.0. The Kier molecular flexibility index (Phi) is 5.73. The van der Waals surface area contributed by atoms with E-state index in [2.05, 4.69) is 21.9 Å². The molecule has 0 unspecified atom stereocenters. The number of ether oxygens (including phenoxy) is 1. The Morgan fingerprint density at radius 3 is 2.76 bits per heavy atom. The fraction of sp³-hybridized carbons (Fsp3) is 0.524. The monoisotopic (exact) mass is 399 g/mol. The SMILES string of the molecule is Cc1ccc2c(c1)/C(=N/n1cc(O)n(CCCN3CCN(C)CC3)c1=O)CCO2. The molecule has 1 fully saturated rings. The second-order valence-electron chi connectivity index (χ2n) is 7.91. The zero-order valence-corrected chi connectivity index (χ0v) is 17.2. The van der Waals surface area contributed by atoms with Gasteiger partial charge >= 0.3 is 5.69 Å². The number of benzene rings is 1. The number of aromatic hydroxyl groups is 1. The molecule has 8 heteroatoms. The Morgan fingerprint density at radius 2 is 1.97 bits per heavy atom. The summed E-state index contributed by atoms with van der Waals surface area (Å²) in [5, 5.41) is 14.8. The van der Waals surface area contributed by atoms with Crippen LogP contribution in [0.25, 0.3) is 0 Å². The number of likely N-dealkylation sites (N-methyl/N-ethyl adjacent to an activating group) is 1. The molecular weight excluding hydrogens is 370 g/mol. The van der Waals surface area contributed by atoms with Gasteiger partial charge in [0.2, 0.25) is 5.88 Å². The first-order valence-corrected chi connectivity index (χ1v) is 10.2. The summed E-state index contributed by atoms with van der Waals surface area (Å²) in [5.41, 5.74) is 2.50. The smallest absolute Gasteiger partial charge is 0.351 e. The first-order chi connectivity index (χ1) is 14.0. The van der Waals surface area contributed by atoms with Gasteiger partial charge < -0.3 is 19.6 Å². The van der Waals surface area contributed by atoms with Gasteiger partial charge in [0.1, 0.15) is 5.75 Å². The summed E-state index contributed by atoms with van der Waals surface area (Å²) in [7, 11) is 2.14. The maximum absolute atomic E-state index is 12.8. The number of aryl methyl sites for hydroxylation is 1. The molecule has 0 spiro atoms. The largest absolute Gasteiger partial charge is 0.493 e. The van der Waals surface area contributed by atoms with Gasteiger partial charge in [-0.1, -0.05) is 11.6 Å². The van der Waals surface area contributed by atoms with Crippen LogP contribution in [-0.2, 0) is 6.54 Å². The van der Waals surface area contributed by atoms with Crippen molar-refractivity contribution in [1.82, 2.24) is 19.0 Å². The van der Waals surface area contributed by atoms with Crippen molar-refractivity contribution in [3.63, 3.8) is 0 Å². The van der Waals surface area contributed by atoms with E-state index in [1.54, 1.807) is 0 Å². The summed E-state index contributed by atoms with van der Waals surface area (Å²) >= 11 is 0. The molecule has 2 aromatic rings. The summed E-state index contributed by atoms with van der Waals surface area (Å²) in [6.07, 6.45) is 2.84. The molecule has 3 heterocycles. The maximum atomic E-state index is 12.8. The molecule has 0 bridgehead atoms. The van der Waals surface area contributed by atoms with E-state index in [-0.39, 0.29) is 11.6 Å². The van der Waals surface area contributed by atoms with Gasteiger partial charge in [-0.25, -0.2) is 4.79 Å². The Morgan fingerprint density at radius 1 is 1.17 bits per heavy atom. The molecule has 2 aliphatic heterocycles. The molecule has 2 aliphatic rings. The fourth-order valence-corrected chi connectivity index (χ4v) is 3.88. The minimum absolute atomic E-state index is 0.0470. The molecule has 156 valence electrons. The van der Waals surface area contributed by atoms with Crippen LogP contribution < -0.4 is 10.4 Å². The summed E-state index contributed by atoms with van der Waals surface area (Å²) in [5.74, 6) is 0.735. The fourth-order valence-electron chi connectivity index (χ4n) is 3.88. The lowest BCUT2D eigenvalue weighted by molar-refractivity contribution is 0.151. The predicted octanol–water partition coefficient (Wildman–Crippen LogP) is 1.34. The van der Waals surface area contributed by atoms with Crippen LogP contribution in [0.5, 0.6) is 11.6 Å². The average molecular weight is 399 g/mol. The van der Waals surface area contributed by atoms with Gasteiger partial charge in [0.15, 0.2) is 0 Å². The highest BCUT2D eigenvalue weighted by Gasteiger charge is 2.19. The molecule has 1 saturated heterocycles. The van der Waals surface area contributed by atoms with Crippen LogP contribution in [0.15, 0.2) is 34.3 Å². The van der Waals surface area contributed by atoms with E-state index in [1.165, 1.54) is 15.4 Å². The van der Waals surface area contributed by atoms with Crippen molar-refractivity contribution in [2.24, 2.45) is 5.10 Å². The Balaban J connectivity index is 1.47. The van der Waals surface area contributed by atoms with Crippen LogP contribution in [0, 0.1) is 6.92 Å². The van der Waals surface area contributed by atoms with Crippen molar-refractivity contribution in [3.8, 4) is 11.6 Å². The molecule has 4 rings (SSSR count). The third-order valence-electron chi connectivity index (χ3n) is 5.66. The third kappa shape index (κ3) is 4.38. The highest BCUT2D eigenvalue weighted by molar-refractivity contribution is 6.03. The van der Waals surface area contributed by atoms with E-state index in [0.717, 1.165) is 61.7 Å². The van der Waals surface area contributed by atoms with Crippen LogP contribution in [0.1, 0.15) is 24.0 Å². The number of rotatable bonds is 5. The second kappa shape index (κ2) is 8.42. The highest BCUT2D eigenvalue weighted by Crippen LogP contribution is 2.26. The number of aromatic nitrogens is 2. The topological polar surface area (TPSA) is 75.2 Å². The van der Waals surface area contributed by atoms with E-state index >= 15 is 0 Å². The normalized spacial score (nSPS) is 19.3. The first kappa shape index (κ1) is 19.7. The predicted molar refractivity (Wildman–Crippen MR) is 112 cm³/mol. The summed E-state index contributed by atoms with van der Waals surface area (Å²) < 4.78 is 8.34. The van der Waals surface area contributed by atoms with Gasteiger partial charge in [-0.05, 0) is 39.1 Å². The molecule has 0 atom stereocenters. The number of piperazine rings is 1. The second-order valence-corrected chi connectivity index (χ2v) is 7.91. The molecule has 1 aromatic carbocycles. The molecule has 1 N–H and O–H groups in total. The van der Waals surface area contributed by atoms with Crippen LogP contribution in [0.4, 0.5) is 0 Å². The molecule has 0 aliphatic carbocycles. The molecule has 0 saturated carbocycles. The van der Waals surface area contributed by atoms with Gasteiger partial charge in [-0.15, -0.1) is 0 Å². The Labute approximate surface area is 170 Å². The Bertz CT molecular complexity index is 954. The van der Waals surface area contributed by atoms with Crippen molar-refractivity contribution < 1.29 is 9.84 Å². The van der Waals surface area contributed by atoms with E-state index in [9.17, 15) is 9.90 Å². The molecule has 0 amide bonds. The van der Waals surface area contributed by atoms with Crippen LogP contribution in [0.3, 0.4) is 0 Å². The van der Waals surface area contributed by atoms with Crippen molar-refractivity contribution >= 4 is 5.71 Å². The summed E-state index contributed by atoms with van der Waals surface area (Å²) in [6, 6.07) is 5.95. The van der Waals surface area contributed by atoms with Crippen molar-refractivity contribution in [3.05, 3.63) is 46.0 Å². The highest BCUT2D eigenvalue weighted by atomic mass is 16.5. The van der Waals surface area contributed by atoms with Gasteiger partial charge in [0.25, 0.3) is 0 Å². The molecular formula is C21H29N5O3. The number of nitrogens with zero attached hydrogens (tertiary/aromatic N) is 5. The molecule has 29 heavy (non-hydrogen) atoms. The van der Waals surface area contributed by atoms with Gasteiger partial charge in [-0.2, -0.15) is 9.78 Å². The van der Waals surface area contributed by atoms with Gasteiger partial charge in [0.05, 0.1) is 18.5 Å². The van der Waals surface area contributed by atoms with E-state index in [4.69, 9.17) is 4.74 Å². The van der Waals surface area contributed by atoms with Crippen LogP contribution in [-0.4, -0.2) is 76.2 Å². The lowest BCUT2D eigenvalue weighted by Crippen LogP contribution is -2.44. The lowest BCUT2D eigenvalue weighted by Gasteiger charge is -2.32. The van der Waals surface area contributed by atoms with Crippen LogP contribution >= 0.6 is 0 Å². The van der Waals surface area contributed by atoms with Gasteiger partial charge in [0, 0.05) is 44.7 Å².